The minimum atomic E-state index is -0.257. The predicted molar refractivity (Wildman–Crippen MR) is 73.2 cm³/mol. The molecule has 0 saturated heterocycles. The smallest absolute Gasteiger partial charge is 0.160 e. The molecule has 0 bridgehead atoms. The van der Waals surface area contributed by atoms with Crippen LogP contribution in [-0.4, -0.2) is 19.3 Å². The minimum absolute atomic E-state index is 0.111. The highest BCUT2D eigenvalue weighted by Gasteiger charge is 2.06. The third kappa shape index (κ3) is 3.16. The van der Waals surface area contributed by atoms with Gasteiger partial charge in [-0.15, -0.1) is 0 Å². The Hall–Kier alpha value is -2.23. The van der Waals surface area contributed by atoms with Crippen molar-refractivity contribution in [3.05, 3.63) is 53.8 Å². The fourth-order valence-electron chi connectivity index (χ4n) is 1.90. The van der Waals surface area contributed by atoms with Crippen molar-refractivity contribution >= 4 is 5.69 Å². The molecule has 2 rings (SSSR count). The number of anilines is 1. The lowest BCUT2D eigenvalue weighted by atomic mass is 10.2. The number of benzene rings is 2. The molecule has 0 aliphatic heterocycles. The molecule has 0 aromatic heterocycles. The Morgan fingerprint density at radius 2 is 2.00 bits per heavy atom. The molecule has 100 valence electrons. The van der Waals surface area contributed by atoms with Crippen LogP contribution in [0.2, 0.25) is 0 Å². The van der Waals surface area contributed by atoms with Crippen molar-refractivity contribution in [1.82, 2.24) is 0 Å². The van der Waals surface area contributed by atoms with Crippen LogP contribution < -0.4 is 9.64 Å². The molecule has 0 heterocycles. The van der Waals surface area contributed by atoms with Crippen LogP contribution >= 0.6 is 0 Å². The van der Waals surface area contributed by atoms with Gasteiger partial charge in [-0.25, -0.2) is 4.39 Å². The Labute approximate surface area is 111 Å². The van der Waals surface area contributed by atoms with Crippen LogP contribution in [0.1, 0.15) is 5.56 Å². The van der Waals surface area contributed by atoms with E-state index in [1.54, 1.807) is 18.2 Å². The lowest BCUT2D eigenvalue weighted by molar-refractivity contribution is 0.373. The van der Waals surface area contributed by atoms with Crippen molar-refractivity contribution in [3.63, 3.8) is 0 Å². The van der Waals surface area contributed by atoms with Gasteiger partial charge in [0.25, 0.3) is 0 Å². The molecule has 2 aromatic rings. The quantitative estimate of drug-likeness (QED) is 0.917. The van der Waals surface area contributed by atoms with Crippen molar-refractivity contribution in [2.24, 2.45) is 0 Å². The third-order valence-electron chi connectivity index (χ3n) is 2.91. The summed E-state index contributed by atoms with van der Waals surface area (Å²) in [7, 11) is 3.39. The van der Waals surface area contributed by atoms with Gasteiger partial charge in [-0.2, -0.15) is 0 Å². The molecule has 0 spiro atoms. The zero-order valence-electron chi connectivity index (χ0n) is 10.9. The van der Waals surface area contributed by atoms with E-state index < -0.39 is 0 Å². The fourth-order valence-corrected chi connectivity index (χ4v) is 1.90. The summed E-state index contributed by atoms with van der Waals surface area (Å²) in [6, 6.07) is 11.6. The molecule has 0 saturated carbocycles. The van der Waals surface area contributed by atoms with Crippen molar-refractivity contribution in [3.8, 4) is 11.5 Å². The van der Waals surface area contributed by atoms with Gasteiger partial charge in [0.15, 0.2) is 11.5 Å². The monoisotopic (exact) mass is 261 g/mol. The SMILES string of the molecule is COc1cc(CN(C)c2cccc(F)c2)ccc1O. The summed E-state index contributed by atoms with van der Waals surface area (Å²) < 4.78 is 18.2. The van der Waals surface area contributed by atoms with Crippen LogP contribution in [0, 0.1) is 5.82 Å². The maximum Gasteiger partial charge on any atom is 0.160 e. The van der Waals surface area contributed by atoms with Crippen molar-refractivity contribution in [1.29, 1.82) is 0 Å². The van der Waals surface area contributed by atoms with E-state index in [9.17, 15) is 9.50 Å². The highest BCUT2D eigenvalue weighted by Crippen LogP contribution is 2.27. The highest BCUT2D eigenvalue weighted by atomic mass is 19.1. The largest absolute Gasteiger partial charge is 0.504 e. The number of phenolic OH excluding ortho intramolecular Hbond substituents is 1. The Kier molecular flexibility index (Phi) is 3.90. The van der Waals surface area contributed by atoms with Gasteiger partial charge in [0.2, 0.25) is 0 Å². The first-order valence-corrected chi connectivity index (χ1v) is 5.92. The molecule has 1 N–H and O–H groups in total. The molecule has 0 unspecified atom stereocenters. The van der Waals surface area contributed by atoms with Crippen molar-refractivity contribution < 1.29 is 14.2 Å². The highest BCUT2D eigenvalue weighted by molar-refractivity contribution is 5.48. The second-order valence-electron chi connectivity index (χ2n) is 4.34. The molecular formula is C15H16FNO2. The number of halogens is 1. The average molecular weight is 261 g/mol. The summed E-state index contributed by atoms with van der Waals surface area (Å²) in [6.07, 6.45) is 0. The van der Waals surface area contributed by atoms with E-state index in [4.69, 9.17) is 4.74 Å². The zero-order chi connectivity index (χ0) is 13.8. The molecule has 2 aromatic carbocycles. The zero-order valence-corrected chi connectivity index (χ0v) is 10.9. The van der Waals surface area contributed by atoms with Crippen LogP contribution in [0.3, 0.4) is 0 Å². The summed E-state index contributed by atoms with van der Waals surface area (Å²) in [5.41, 5.74) is 1.77. The summed E-state index contributed by atoms with van der Waals surface area (Å²) in [5, 5.41) is 9.53. The van der Waals surface area contributed by atoms with Crippen molar-refractivity contribution in [2.45, 2.75) is 6.54 Å². The number of aromatic hydroxyl groups is 1. The summed E-state index contributed by atoms with van der Waals surface area (Å²) in [4.78, 5) is 1.93. The summed E-state index contributed by atoms with van der Waals surface area (Å²) in [6.45, 7) is 0.597. The van der Waals surface area contributed by atoms with Gasteiger partial charge in [0.05, 0.1) is 7.11 Å². The fraction of sp³-hybridized carbons (Fsp3) is 0.200. The van der Waals surface area contributed by atoms with Gasteiger partial charge in [-0.1, -0.05) is 12.1 Å². The Morgan fingerprint density at radius 1 is 1.21 bits per heavy atom. The molecule has 3 nitrogen and oxygen atoms in total. The summed E-state index contributed by atoms with van der Waals surface area (Å²) >= 11 is 0. The standard InChI is InChI=1S/C15H16FNO2/c1-17(13-5-3-4-12(16)9-13)10-11-6-7-14(18)15(8-11)19-2/h3-9,18H,10H2,1-2H3. The maximum absolute atomic E-state index is 13.2. The van der Waals surface area contributed by atoms with Gasteiger partial charge in [0.1, 0.15) is 5.82 Å². The van der Waals surface area contributed by atoms with E-state index in [2.05, 4.69) is 0 Å². The van der Waals surface area contributed by atoms with Gasteiger partial charge in [-0.05, 0) is 35.9 Å². The van der Waals surface area contributed by atoms with Gasteiger partial charge in [-0.3, -0.25) is 0 Å². The van der Waals surface area contributed by atoms with Crippen LogP contribution in [0.15, 0.2) is 42.5 Å². The number of methoxy groups -OCH3 is 1. The third-order valence-corrected chi connectivity index (χ3v) is 2.91. The molecule has 0 aliphatic carbocycles. The van der Waals surface area contributed by atoms with E-state index in [0.717, 1.165) is 11.3 Å². The van der Waals surface area contributed by atoms with E-state index >= 15 is 0 Å². The minimum Gasteiger partial charge on any atom is -0.504 e. The van der Waals surface area contributed by atoms with E-state index in [1.807, 2.05) is 24.1 Å². The molecule has 0 radical (unpaired) electrons. The molecule has 4 heteroatoms. The lowest BCUT2D eigenvalue weighted by Crippen LogP contribution is -2.16. The average Bonchev–Trinajstić information content (AvgIpc) is 2.41. The molecular weight excluding hydrogens is 245 g/mol. The number of phenols is 1. The molecule has 0 aliphatic rings. The van der Waals surface area contributed by atoms with E-state index in [1.165, 1.54) is 19.2 Å². The van der Waals surface area contributed by atoms with E-state index in [-0.39, 0.29) is 11.6 Å². The maximum atomic E-state index is 13.2. The Balaban J connectivity index is 2.17. The number of rotatable bonds is 4. The normalized spacial score (nSPS) is 10.3. The summed E-state index contributed by atoms with van der Waals surface area (Å²) in [5.74, 6) is 0.289. The topological polar surface area (TPSA) is 32.7 Å². The molecule has 0 fully saturated rings. The number of ether oxygens (including phenoxy) is 1. The number of hydrogen-bond donors (Lipinski definition) is 1. The Bertz CT molecular complexity index is 572. The molecule has 19 heavy (non-hydrogen) atoms. The van der Waals surface area contributed by atoms with Crippen molar-refractivity contribution in [2.75, 3.05) is 19.1 Å². The molecule has 0 amide bonds. The van der Waals surface area contributed by atoms with Crippen LogP contribution in [-0.2, 0) is 6.54 Å². The second-order valence-corrected chi connectivity index (χ2v) is 4.34. The number of nitrogens with zero attached hydrogens (tertiary/aromatic N) is 1. The number of hydrogen-bond acceptors (Lipinski definition) is 3. The van der Waals surface area contributed by atoms with Crippen LogP contribution in [0.5, 0.6) is 11.5 Å². The Morgan fingerprint density at radius 3 is 2.68 bits per heavy atom. The van der Waals surface area contributed by atoms with Crippen LogP contribution in [0.4, 0.5) is 10.1 Å². The first-order valence-electron chi connectivity index (χ1n) is 5.92. The first kappa shape index (κ1) is 13.2. The molecule has 0 atom stereocenters. The predicted octanol–water partition coefficient (Wildman–Crippen LogP) is 3.18. The van der Waals surface area contributed by atoms with Gasteiger partial charge >= 0.3 is 0 Å². The second kappa shape index (κ2) is 5.61. The first-order chi connectivity index (χ1) is 9.10. The van der Waals surface area contributed by atoms with Gasteiger partial charge in [0, 0.05) is 19.3 Å². The van der Waals surface area contributed by atoms with E-state index in [0.29, 0.717) is 12.3 Å². The lowest BCUT2D eigenvalue weighted by Gasteiger charge is -2.20. The van der Waals surface area contributed by atoms with Crippen LogP contribution in [0.25, 0.3) is 0 Å². The van der Waals surface area contributed by atoms with Gasteiger partial charge < -0.3 is 14.7 Å².